The molecular weight excluding hydrogens is 526 g/mol. The molecule has 0 saturated carbocycles. The van der Waals surface area contributed by atoms with Gasteiger partial charge in [0.25, 0.3) is 18.3 Å². The van der Waals surface area contributed by atoms with Gasteiger partial charge in [-0.1, -0.05) is 30.0 Å². The van der Waals surface area contributed by atoms with E-state index in [1.807, 2.05) is 0 Å². The molecule has 2 aliphatic rings. The van der Waals surface area contributed by atoms with Gasteiger partial charge < -0.3 is 20.3 Å². The maximum Gasteiger partial charge on any atom is 0.352 e. The highest BCUT2D eigenvalue weighted by Gasteiger charge is 2.54. The maximum atomic E-state index is 12.9. The van der Waals surface area contributed by atoms with Crippen LogP contribution in [0.4, 0.5) is 0 Å². The molecule has 1 aromatic carbocycles. The molecule has 1 aromatic heterocycles. The molecule has 37 heavy (non-hydrogen) atoms. The van der Waals surface area contributed by atoms with Crippen LogP contribution in [0.3, 0.4) is 0 Å². The summed E-state index contributed by atoms with van der Waals surface area (Å²) < 4.78 is 6.09. The quantitative estimate of drug-likeness (QED) is 0.206. The summed E-state index contributed by atoms with van der Waals surface area (Å²) in [4.78, 5) is 61.5. The van der Waals surface area contributed by atoms with E-state index in [2.05, 4.69) is 15.5 Å². The number of carboxylic acids is 1. The number of β-lactam (4-membered cyclic amide) rings is 1. The van der Waals surface area contributed by atoms with Gasteiger partial charge in [0.15, 0.2) is 5.16 Å². The van der Waals surface area contributed by atoms with Crippen molar-refractivity contribution in [3.63, 3.8) is 0 Å². The topological polar surface area (TPSA) is 181 Å². The van der Waals surface area contributed by atoms with E-state index in [9.17, 15) is 34.2 Å². The van der Waals surface area contributed by atoms with E-state index < -0.39 is 40.6 Å². The van der Waals surface area contributed by atoms with E-state index in [0.29, 0.717) is 11.1 Å². The highest BCUT2D eigenvalue weighted by atomic mass is 32.2. The Morgan fingerprint density at radius 1 is 1.30 bits per heavy atom. The van der Waals surface area contributed by atoms with Gasteiger partial charge in [0.05, 0.1) is 6.42 Å². The van der Waals surface area contributed by atoms with Crippen molar-refractivity contribution in [2.45, 2.75) is 36.5 Å². The number of para-hydroxylation sites is 1. The summed E-state index contributed by atoms with van der Waals surface area (Å²) in [5, 5.41) is 28.8. The Labute approximate surface area is 217 Å². The number of benzene rings is 1. The Kier molecular flexibility index (Phi) is 7.83. The zero-order chi connectivity index (χ0) is 26.7. The lowest BCUT2D eigenvalue weighted by Gasteiger charge is -2.49. The minimum Gasteiger partial charge on any atom is -0.488 e. The molecule has 1 fully saturated rings. The second-order valence-corrected chi connectivity index (χ2v) is 9.90. The normalized spacial score (nSPS) is 18.6. The van der Waals surface area contributed by atoms with Gasteiger partial charge in [-0.25, -0.2) is 4.79 Å². The first-order chi connectivity index (χ1) is 17.8. The summed E-state index contributed by atoms with van der Waals surface area (Å²) in [6, 6.07) is 5.58. The second kappa shape index (κ2) is 11.0. The fourth-order valence-electron chi connectivity index (χ4n) is 3.94. The van der Waals surface area contributed by atoms with E-state index in [-0.39, 0.29) is 47.5 Å². The molecule has 15 heteroatoms. The number of aromatic hydroxyl groups is 1. The van der Waals surface area contributed by atoms with Crippen molar-refractivity contribution in [1.82, 2.24) is 25.0 Å². The molecule has 3 heterocycles. The fourth-order valence-corrected chi connectivity index (χ4v) is 6.42. The van der Waals surface area contributed by atoms with Crippen LogP contribution < -0.4 is 15.6 Å². The van der Waals surface area contributed by atoms with Gasteiger partial charge in [0.1, 0.15) is 22.9 Å². The van der Waals surface area contributed by atoms with Crippen molar-refractivity contribution >= 4 is 47.8 Å². The van der Waals surface area contributed by atoms with Crippen LogP contribution in [0.15, 0.2) is 45.5 Å². The molecule has 0 radical (unpaired) electrons. The van der Waals surface area contributed by atoms with Gasteiger partial charge >= 0.3 is 11.5 Å². The lowest BCUT2D eigenvalue weighted by atomic mass is 10.0. The molecule has 13 nitrogen and oxygen atoms in total. The molecule has 2 aromatic rings. The second-order valence-electron chi connectivity index (χ2n) is 7.86. The fraction of sp³-hybridized carbons (Fsp3) is 0.318. The van der Waals surface area contributed by atoms with E-state index >= 15 is 0 Å². The first-order valence-corrected chi connectivity index (χ1v) is 13.0. The van der Waals surface area contributed by atoms with Gasteiger partial charge in [0.2, 0.25) is 5.91 Å². The third-order valence-electron chi connectivity index (χ3n) is 5.65. The average Bonchev–Trinajstić information content (AvgIpc) is 2.88. The van der Waals surface area contributed by atoms with Crippen LogP contribution in [-0.2, 0) is 32.1 Å². The van der Waals surface area contributed by atoms with Crippen LogP contribution in [0.1, 0.15) is 12.5 Å². The number of aliphatic carboxylic acids is 1. The number of fused-ring (bicyclic) bond motifs is 1. The number of aromatic nitrogens is 3. The highest BCUT2D eigenvalue weighted by molar-refractivity contribution is 8.01. The summed E-state index contributed by atoms with van der Waals surface area (Å²) in [5.74, 6) is -2.44. The number of ether oxygens (including phenoxy) is 1. The molecule has 1 unspecified atom stereocenters. The van der Waals surface area contributed by atoms with Gasteiger partial charge in [-0.15, -0.1) is 22.0 Å². The van der Waals surface area contributed by atoms with Crippen molar-refractivity contribution < 1.29 is 34.1 Å². The van der Waals surface area contributed by atoms with Crippen molar-refractivity contribution in [3.05, 3.63) is 51.5 Å². The zero-order valence-electron chi connectivity index (χ0n) is 19.3. The molecule has 3 N–H and O–H groups in total. The van der Waals surface area contributed by atoms with Crippen molar-refractivity contribution in [1.29, 1.82) is 0 Å². The Morgan fingerprint density at radius 3 is 2.76 bits per heavy atom. The standard InChI is InChI=1S/C22H21N5O8S2/c1-2-26-19(32)17(30)24-25-22(26)37-9-12-8-36-20-15(18(31)27(20)16(12)21(33)34)23-14(29)7-11-5-3-4-6-13(11)35-10-28/h3-6,10,15,20H,2,7-9H2,1H3,(H,23,29)(H,24,30)(H,33,34)/t15?,20-/m1/s1. The number of nitrogens with zero attached hydrogens (tertiary/aromatic N) is 4. The molecule has 2 aliphatic heterocycles. The molecule has 0 bridgehead atoms. The number of nitrogens with one attached hydrogen (secondary N) is 1. The average molecular weight is 548 g/mol. The van der Waals surface area contributed by atoms with Crippen molar-refractivity contribution in [2.24, 2.45) is 0 Å². The Morgan fingerprint density at radius 2 is 2.05 bits per heavy atom. The molecule has 194 valence electrons. The van der Waals surface area contributed by atoms with Gasteiger partial charge in [-0.2, -0.15) is 0 Å². The number of amides is 2. The highest BCUT2D eigenvalue weighted by Crippen LogP contribution is 2.41. The SMILES string of the molecule is CCn1c(SCC2=C(C(=O)O)N3C(=O)C(NC(=O)Cc4ccccc4OC=O)[C@H]3SC2)nnc(O)c1=O. The minimum absolute atomic E-state index is 0.120. The summed E-state index contributed by atoms with van der Waals surface area (Å²) in [6.45, 7) is 2.17. The first-order valence-electron chi connectivity index (χ1n) is 10.9. The van der Waals surface area contributed by atoms with Crippen molar-refractivity contribution in [2.75, 3.05) is 11.5 Å². The number of thioether (sulfide) groups is 2. The van der Waals surface area contributed by atoms with Crippen LogP contribution in [0, 0.1) is 0 Å². The predicted octanol–water partition coefficient (Wildman–Crippen LogP) is -0.0276. The molecule has 1 saturated heterocycles. The summed E-state index contributed by atoms with van der Waals surface area (Å²) in [5.41, 5.74) is 0.0260. The molecule has 2 atom stereocenters. The molecule has 2 amide bonds. The first kappa shape index (κ1) is 26.2. The summed E-state index contributed by atoms with van der Waals surface area (Å²) in [6.07, 6.45) is -0.137. The third-order valence-corrected chi connectivity index (χ3v) is 8.05. The Balaban J connectivity index is 1.46. The molecule has 0 aliphatic carbocycles. The van der Waals surface area contributed by atoms with Crippen LogP contribution in [0.25, 0.3) is 0 Å². The summed E-state index contributed by atoms with van der Waals surface area (Å²) in [7, 11) is 0. The number of carbonyl (C=O) groups is 4. The van der Waals surface area contributed by atoms with E-state index in [0.717, 1.165) is 16.7 Å². The van der Waals surface area contributed by atoms with Gasteiger partial charge in [-0.3, -0.25) is 28.6 Å². The van der Waals surface area contributed by atoms with Crippen molar-refractivity contribution in [3.8, 4) is 11.6 Å². The van der Waals surface area contributed by atoms with E-state index in [1.165, 1.54) is 22.4 Å². The zero-order valence-corrected chi connectivity index (χ0v) is 21.0. The molecule has 0 spiro atoms. The lowest BCUT2D eigenvalue weighted by molar-refractivity contribution is -0.150. The smallest absolute Gasteiger partial charge is 0.352 e. The molecule has 4 rings (SSSR count). The molecular formula is C22H21N5O8S2. The maximum absolute atomic E-state index is 12.9. The number of hydrogen-bond donors (Lipinski definition) is 3. The van der Waals surface area contributed by atoms with Crippen LogP contribution in [0.5, 0.6) is 11.6 Å². The van der Waals surface area contributed by atoms with E-state index in [1.54, 1.807) is 25.1 Å². The Bertz CT molecular complexity index is 1360. The van der Waals surface area contributed by atoms with Crippen LogP contribution >= 0.6 is 23.5 Å². The van der Waals surface area contributed by atoms with Gasteiger partial charge in [0, 0.05) is 23.6 Å². The monoisotopic (exact) mass is 547 g/mol. The lowest BCUT2D eigenvalue weighted by Crippen LogP contribution is -2.70. The Hall–Kier alpha value is -3.85. The largest absolute Gasteiger partial charge is 0.488 e. The number of carboxylic acid groups (broad SMARTS) is 1. The minimum atomic E-state index is -1.29. The third kappa shape index (κ3) is 5.17. The van der Waals surface area contributed by atoms with Crippen LogP contribution in [-0.4, -0.2) is 77.1 Å². The number of carbonyl (C=O) groups excluding carboxylic acids is 3. The van der Waals surface area contributed by atoms with Gasteiger partial charge in [-0.05, 0) is 18.6 Å². The number of hydrogen-bond acceptors (Lipinski definition) is 11. The van der Waals surface area contributed by atoms with E-state index in [4.69, 9.17) is 4.74 Å². The summed E-state index contributed by atoms with van der Waals surface area (Å²) >= 11 is 2.37. The number of rotatable bonds is 10. The van der Waals surface area contributed by atoms with Crippen LogP contribution in [0.2, 0.25) is 0 Å². The predicted molar refractivity (Wildman–Crippen MR) is 131 cm³/mol.